The molecule has 0 unspecified atom stereocenters. The van der Waals surface area contributed by atoms with E-state index in [1.165, 1.54) is 33.1 Å². The zero-order valence-electron chi connectivity index (χ0n) is 35.2. The van der Waals surface area contributed by atoms with E-state index in [4.69, 9.17) is 9.40 Å². The van der Waals surface area contributed by atoms with Gasteiger partial charge in [0.05, 0.1) is 30.5 Å². The van der Waals surface area contributed by atoms with E-state index in [2.05, 4.69) is 169 Å². The molecule has 0 saturated heterocycles. The summed E-state index contributed by atoms with van der Waals surface area (Å²) in [5.74, 6) is 2.40. The minimum absolute atomic E-state index is 0. The molecule has 7 heteroatoms. The number of rotatable bonds is 8. The summed E-state index contributed by atoms with van der Waals surface area (Å²) >= 11 is 0. The fraction of sp³-hybridized carbons (Fsp3) is 0.300. The van der Waals surface area contributed by atoms with Gasteiger partial charge in [-0.05, 0) is 64.0 Å². The number of aromatic nitrogens is 4. The van der Waals surface area contributed by atoms with Crippen molar-refractivity contribution in [3.05, 3.63) is 138 Å². The molecule has 0 bridgehead atoms. The van der Waals surface area contributed by atoms with E-state index in [0.29, 0.717) is 29.4 Å². The van der Waals surface area contributed by atoms with E-state index in [0.717, 1.165) is 50.0 Å². The Morgan fingerprint density at radius 1 is 0.684 bits per heavy atom. The number of hydrogen-bond donors (Lipinski definition) is 0. The minimum Gasteiger partial charge on any atom is -0.486 e. The summed E-state index contributed by atoms with van der Waals surface area (Å²) in [6.45, 7) is 25.1. The van der Waals surface area contributed by atoms with Gasteiger partial charge in [-0.1, -0.05) is 134 Å². The molecule has 5 nitrogen and oxygen atoms in total. The number of nitrogens with zero attached hydrogens (tertiary/aromatic N) is 4. The molecule has 295 valence electrons. The van der Waals surface area contributed by atoms with Crippen LogP contribution in [0, 0.1) is 12.1 Å². The van der Waals surface area contributed by atoms with Crippen molar-refractivity contribution < 1.29 is 24.5 Å². The Hall–Kier alpha value is -4.68. The summed E-state index contributed by atoms with van der Waals surface area (Å²) in [7, 11) is -1.34. The maximum absolute atomic E-state index is 6.48. The Balaban J connectivity index is 0.000000233. The zero-order chi connectivity index (χ0) is 39.9. The Labute approximate surface area is 353 Å². The normalized spacial score (nSPS) is 11.9. The topological polar surface area (TPSA) is 56.7 Å². The molecule has 8 rings (SSSR count). The number of para-hydroxylation sites is 3. The van der Waals surface area contributed by atoms with Gasteiger partial charge in [0, 0.05) is 43.6 Å². The van der Waals surface area contributed by atoms with Crippen molar-refractivity contribution >= 4 is 46.4 Å². The summed E-state index contributed by atoms with van der Waals surface area (Å²) in [5.41, 5.74) is 12.9. The Bertz CT molecular complexity index is 2620. The quantitative estimate of drug-likeness (QED) is 0.112. The smallest absolute Gasteiger partial charge is 0.216 e. The zero-order valence-corrected chi connectivity index (χ0v) is 38.5. The molecule has 0 spiro atoms. The predicted octanol–water partition coefficient (Wildman–Crippen LogP) is 13.4. The first kappa shape index (κ1) is 41.9. The van der Waals surface area contributed by atoms with Crippen LogP contribution in [0.4, 0.5) is 0 Å². The molecule has 0 atom stereocenters. The van der Waals surface area contributed by atoms with Gasteiger partial charge in [-0.25, -0.2) is 4.98 Å². The number of hydrogen-bond acceptors (Lipinski definition) is 4. The molecule has 0 N–H and O–H groups in total. The maximum atomic E-state index is 6.48. The minimum atomic E-state index is -1.34. The van der Waals surface area contributed by atoms with Crippen LogP contribution in [0.3, 0.4) is 0 Å². The van der Waals surface area contributed by atoms with Gasteiger partial charge >= 0.3 is 0 Å². The molecule has 0 fully saturated rings. The van der Waals surface area contributed by atoms with Crippen LogP contribution in [-0.2, 0) is 20.1 Å². The number of fused-ring (bicyclic) bond motifs is 4. The average Bonchev–Trinajstić information content (AvgIpc) is 3.76. The third-order valence-electron chi connectivity index (χ3n) is 10.7. The largest absolute Gasteiger partial charge is 0.486 e. The molecule has 0 amide bonds. The van der Waals surface area contributed by atoms with E-state index in [1.54, 1.807) is 6.20 Å². The molecule has 57 heavy (non-hydrogen) atoms. The Morgan fingerprint density at radius 3 is 1.98 bits per heavy atom. The van der Waals surface area contributed by atoms with Gasteiger partial charge in [0.15, 0.2) is 0 Å². The van der Waals surface area contributed by atoms with Crippen LogP contribution in [0.1, 0.15) is 101 Å². The van der Waals surface area contributed by atoms with Crippen LogP contribution in [0.2, 0.25) is 19.6 Å². The standard InChI is InChI=1S/C33H32N3O.C17H22NSi.Ir/c1-19(2)22-16-17-26(31-29(22)25-13-10-18-34-33(25)37-31)32-35-27-14-7-8-15-28(27)36(32)30-23(20(3)4)11-9-12-24(30)21(5)6;1-13(2)15-11-16(14-9-7-6-8-10-14)18-12-17(15)19(3,4)5;/h7-16,18-21H,1-6H3;6-9,11-13H,1-5H3;/q2*-1;. The summed E-state index contributed by atoms with van der Waals surface area (Å²) in [4.78, 5) is 14.4. The number of furan rings is 1. The molecule has 4 aromatic carbocycles. The SMILES string of the molecule is CC(C)c1cc(-c2[c-]cccc2)ncc1[Si](C)(C)C.CC(C)c1cccc(C(C)C)c1-n1c(-c2[c-]cc(C(C)C)c3c2oc2ncccc23)nc2ccccc21.[Ir]. The van der Waals surface area contributed by atoms with Crippen molar-refractivity contribution in [2.45, 2.75) is 98.7 Å². The summed E-state index contributed by atoms with van der Waals surface area (Å²) in [6.07, 6.45) is 3.88. The molecular weight excluding hydrogens is 893 g/mol. The number of imidazole rings is 1. The second-order valence-electron chi connectivity index (χ2n) is 17.1. The molecule has 0 aliphatic rings. The van der Waals surface area contributed by atoms with E-state index >= 15 is 0 Å². The predicted molar refractivity (Wildman–Crippen MR) is 238 cm³/mol. The monoisotopic (exact) mass is 947 g/mol. The van der Waals surface area contributed by atoms with Gasteiger partial charge in [-0.3, -0.25) is 4.98 Å². The van der Waals surface area contributed by atoms with Crippen molar-refractivity contribution in [3.8, 4) is 28.3 Å². The van der Waals surface area contributed by atoms with Crippen LogP contribution in [0.5, 0.6) is 0 Å². The van der Waals surface area contributed by atoms with E-state index in [1.807, 2.05) is 30.3 Å². The Morgan fingerprint density at radius 2 is 1.35 bits per heavy atom. The van der Waals surface area contributed by atoms with Crippen LogP contribution >= 0.6 is 0 Å². The molecule has 4 heterocycles. The van der Waals surface area contributed by atoms with Gasteiger partial charge in [0.25, 0.3) is 0 Å². The number of pyridine rings is 2. The maximum Gasteiger partial charge on any atom is 0.216 e. The first-order chi connectivity index (χ1) is 26.8. The summed E-state index contributed by atoms with van der Waals surface area (Å²) in [6, 6.07) is 38.4. The van der Waals surface area contributed by atoms with Crippen molar-refractivity contribution in [2.75, 3.05) is 0 Å². The second-order valence-corrected chi connectivity index (χ2v) is 22.2. The van der Waals surface area contributed by atoms with E-state index in [9.17, 15) is 0 Å². The fourth-order valence-electron chi connectivity index (χ4n) is 7.77. The van der Waals surface area contributed by atoms with Gasteiger partial charge in [-0.15, -0.1) is 53.6 Å². The van der Waals surface area contributed by atoms with E-state index < -0.39 is 8.07 Å². The average molecular weight is 947 g/mol. The van der Waals surface area contributed by atoms with Gasteiger partial charge in [0.2, 0.25) is 5.71 Å². The first-order valence-corrected chi connectivity index (χ1v) is 23.6. The summed E-state index contributed by atoms with van der Waals surface area (Å²) < 4.78 is 8.81. The third-order valence-corrected chi connectivity index (χ3v) is 12.7. The number of benzene rings is 4. The van der Waals surface area contributed by atoms with Crippen LogP contribution in [0.15, 0.2) is 108 Å². The third kappa shape index (κ3) is 8.21. The van der Waals surface area contributed by atoms with Gasteiger partial charge < -0.3 is 14.0 Å². The molecule has 0 saturated carbocycles. The molecular formula is C50H54IrN4OSi-2. The fourth-order valence-corrected chi connectivity index (χ4v) is 9.45. The van der Waals surface area contributed by atoms with Crippen LogP contribution in [0.25, 0.3) is 61.4 Å². The second kappa shape index (κ2) is 17.0. The van der Waals surface area contributed by atoms with Crippen molar-refractivity contribution in [1.82, 2.24) is 19.5 Å². The van der Waals surface area contributed by atoms with Gasteiger partial charge in [0.1, 0.15) is 0 Å². The van der Waals surface area contributed by atoms with Crippen molar-refractivity contribution in [2.24, 2.45) is 0 Å². The molecule has 1 radical (unpaired) electrons. The van der Waals surface area contributed by atoms with E-state index in [-0.39, 0.29) is 20.1 Å². The van der Waals surface area contributed by atoms with Gasteiger partial charge in [-0.2, -0.15) is 0 Å². The molecule has 8 aromatic rings. The summed E-state index contributed by atoms with van der Waals surface area (Å²) in [5, 5.41) is 3.61. The van der Waals surface area contributed by atoms with Crippen molar-refractivity contribution in [3.63, 3.8) is 0 Å². The first-order valence-electron chi connectivity index (χ1n) is 20.1. The molecule has 0 aliphatic heterocycles. The molecule has 0 aliphatic carbocycles. The molecule has 4 aromatic heterocycles. The van der Waals surface area contributed by atoms with Crippen LogP contribution < -0.4 is 5.19 Å². The Kier molecular flexibility index (Phi) is 12.5. The van der Waals surface area contributed by atoms with Crippen LogP contribution in [-0.4, -0.2) is 27.6 Å². The van der Waals surface area contributed by atoms with Crippen molar-refractivity contribution in [1.29, 1.82) is 0 Å².